The summed E-state index contributed by atoms with van der Waals surface area (Å²) in [4.78, 5) is 11.3. The molecule has 0 fully saturated rings. The number of anilines is 2. The van der Waals surface area contributed by atoms with Gasteiger partial charge < -0.3 is 20.5 Å². The SMILES string of the molecule is COc1cc(Oc2ccc3c(c2)CCC(=O)N3)ccc1N. The third-order valence-electron chi connectivity index (χ3n) is 3.41. The molecule has 0 bridgehead atoms. The van der Waals surface area contributed by atoms with Crippen LogP contribution in [0.5, 0.6) is 17.2 Å². The van der Waals surface area contributed by atoms with Gasteiger partial charge >= 0.3 is 0 Å². The van der Waals surface area contributed by atoms with E-state index in [-0.39, 0.29) is 5.91 Å². The van der Waals surface area contributed by atoms with E-state index in [2.05, 4.69) is 5.32 Å². The van der Waals surface area contributed by atoms with Gasteiger partial charge in [0.25, 0.3) is 0 Å². The van der Waals surface area contributed by atoms with Gasteiger partial charge in [-0.15, -0.1) is 0 Å². The van der Waals surface area contributed by atoms with Crippen molar-refractivity contribution in [3.8, 4) is 17.2 Å². The number of hydrogen-bond donors (Lipinski definition) is 2. The van der Waals surface area contributed by atoms with Gasteiger partial charge in [-0.2, -0.15) is 0 Å². The molecular weight excluding hydrogens is 268 g/mol. The first kappa shape index (κ1) is 13.3. The Morgan fingerprint density at radius 1 is 1.10 bits per heavy atom. The lowest BCUT2D eigenvalue weighted by Gasteiger charge is -2.17. The second-order valence-electron chi connectivity index (χ2n) is 4.87. The van der Waals surface area contributed by atoms with Crippen LogP contribution in [-0.4, -0.2) is 13.0 Å². The summed E-state index contributed by atoms with van der Waals surface area (Å²) in [5.74, 6) is 2.01. The van der Waals surface area contributed by atoms with Crippen LogP contribution in [0.15, 0.2) is 36.4 Å². The number of nitrogen functional groups attached to an aromatic ring is 1. The van der Waals surface area contributed by atoms with Crippen molar-refractivity contribution in [1.82, 2.24) is 0 Å². The Morgan fingerprint density at radius 2 is 1.86 bits per heavy atom. The van der Waals surface area contributed by atoms with Crippen LogP contribution in [0.1, 0.15) is 12.0 Å². The Morgan fingerprint density at radius 3 is 2.67 bits per heavy atom. The molecule has 5 heteroatoms. The molecule has 0 aliphatic carbocycles. The number of aryl methyl sites for hydroxylation is 1. The lowest BCUT2D eigenvalue weighted by atomic mass is 10.0. The number of carbonyl (C=O) groups excluding carboxylic acids is 1. The van der Waals surface area contributed by atoms with Crippen molar-refractivity contribution in [2.24, 2.45) is 0 Å². The highest BCUT2D eigenvalue weighted by Crippen LogP contribution is 2.32. The number of methoxy groups -OCH3 is 1. The molecule has 1 aliphatic rings. The highest BCUT2D eigenvalue weighted by molar-refractivity contribution is 5.94. The molecule has 5 nitrogen and oxygen atoms in total. The first-order chi connectivity index (χ1) is 10.2. The number of carbonyl (C=O) groups is 1. The van der Waals surface area contributed by atoms with Crippen molar-refractivity contribution in [3.05, 3.63) is 42.0 Å². The maximum Gasteiger partial charge on any atom is 0.224 e. The zero-order chi connectivity index (χ0) is 14.8. The Kier molecular flexibility index (Phi) is 3.39. The van der Waals surface area contributed by atoms with Gasteiger partial charge in [0.15, 0.2) is 0 Å². The summed E-state index contributed by atoms with van der Waals surface area (Å²) in [6, 6.07) is 10.9. The van der Waals surface area contributed by atoms with Gasteiger partial charge in [-0.25, -0.2) is 0 Å². The van der Waals surface area contributed by atoms with E-state index in [0.717, 1.165) is 23.4 Å². The maximum absolute atomic E-state index is 11.3. The van der Waals surface area contributed by atoms with E-state index in [1.165, 1.54) is 0 Å². The predicted molar refractivity (Wildman–Crippen MR) is 80.9 cm³/mol. The highest BCUT2D eigenvalue weighted by Gasteiger charge is 2.15. The maximum atomic E-state index is 11.3. The molecule has 0 saturated carbocycles. The van der Waals surface area contributed by atoms with E-state index < -0.39 is 0 Å². The standard InChI is InChI=1S/C16H16N2O3/c1-20-15-9-12(3-5-13(15)17)21-11-4-6-14-10(8-11)2-7-16(19)18-14/h3-6,8-9H,2,7,17H2,1H3,(H,18,19). The molecule has 2 aromatic rings. The summed E-state index contributed by atoms with van der Waals surface area (Å²) in [5, 5.41) is 2.85. The average molecular weight is 284 g/mol. The van der Waals surface area contributed by atoms with Crippen LogP contribution in [-0.2, 0) is 11.2 Å². The van der Waals surface area contributed by atoms with Gasteiger partial charge in [0, 0.05) is 18.2 Å². The van der Waals surface area contributed by atoms with Crippen molar-refractivity contribution in [3.63, 3.8) is 0 Å². The van der Waals surface area contributed by atoms with Gasteiger partial charge in [0.1, 0.15) is 17.2 Å². The van der Waals surface area contributed by atoms with E-state index in [1.807, 2.05) is 18.2 Å². The molecule has 108 valence electrons. The Balaban J connectivity index is 1.84. The molecule has 0 spiro atoms. The van der Waals surface area contributed by atoms with E-state index in [1.54, 1.807) is 25.3 Å². The van der Waals surface area contributed by atoms with E-state index in [4.69, 9.17) is 15.2 Å². The normalized spacial score (nSPS) is 13.3. The molecule has 0 aromatic heterocycles. The fourth-order valence-corrected chi connectivity index (χ4v) is 2.31. The summed E-state index contributed by atoms with van der Waals surface area (Å²) in [6.07, 6.45) is 1.23. The van der Waals surface area contributed by atoms with Crippen LogP contribution >= 0.6 is 0 Å². The topological polar surface area (TPSA) is 73.6 Å². The van der Waals surface area contributed by atoms with Gasteiger partial charge in [-0.05, 0) is 42.3 Å². The van der Waals surface area contributed by atoms with Crippen LogP contribution in [0.2, 0.25) is 0 Å². The van der Waals surface area contributed by atoms with Crippen LogP contribution < -0.4 is 20.5 Å². The number of nitrogens with one attached hydrogen (secondary N) is 1. The van der Waals surface area contributed by atoms with Gasteiger partial charge in [-0.3, -0.25) is 4.79 Å². The van der Waals surface area contributed by atoms with E-state index in [0.29, 0.717) is 23.6 Å². The summed E-state index contributed by atoms with van der Waals surface area (Å²) in [5.41, 5.74) is 8.28. The molecule has 3 rings (SSSR count). The van der Waals surface area contributed by atoms with Gasteiger partial charge in [0.05, 0.1) is 12.8 Å². The molecule has 3 N–H and O–H groups in total. The van der Waals surface area contributed by atoms with Crippen LogP contribution in [0, 0.1) is 0 Å². The minimum absolute atomic E-state index is 0.0550. The Labute approximate surface area is 122 Å². The Bertz CT molecular complexity index is 698. The fourth-order valence-electron chi connectivity index (χ4n) is 2.31. The molecule has 1 heterocycles. The average Bonchev–Trinajstić information content (AvgIpc) is 2.49. The van der Waals surface area contributed by atoms with Gasteiger partial charge in [-0.1, -0.05) is 0 Å². The number of ether oxygens (including phenoxy) is 2. The zero-order valence-electron chi connectivity index (χ0n) is 11.7. The van der Waals surface area contributed by atoms with Crippen molar-refractivity contribution >= 4 is 17.3 Å². The Hall–Kier alpha value is -2.69. The molecule has 0 saturated heterocycles. The third-order valence-corrected chi connectivity index (χ3v) is 3.41. The third kappa shape index (κ3) is 2.76. The highest BCUT2D eigenvalue weighted by atomic mass is 16.5. The minimum atomic E-state index is 0.0550. The molecule has 0 atom stereocenters. The molecular formula is C16H16N2O3. The summed E-state index contributed by atoms with van der Waals surface area (Å²) in [6.45, 7) is 0. The minimum Gasteiger partial charge on any atom is -0.494 e. The smallest absolute Gasteiger partial charge is 0.224 e. The van der Waals surface area contributed by atoms with E-state index in [9.17, 15) is 4.79 Å². The van der Waals surface area contributed by atoms with Gasteiger partial charge in [0.2, 0.25) is 5.91 Å². The predicted octanol–water partition coefficient (Wildman–Crippen LogP) is 2.95. The molecule has 0 unspecified atom stereocenters. The summed E-state index contributed by atoms with van der Waals surface area (Å²) in [7, 11) is 1.57. The zero-order valence-corrected chi connectivity index (χ0v) is 11.7. The first-order valence-corrected chi connectivity index (χ1v) is 6.70. The van der Waals surface area contributed by atoms with Crippen LogP contribution in [0.3, 0.4) is 0 Å². The number of rotatable bonds is 3. The first-order valence-electron chi connectivity index (χ1n) is 6.70. The van der Waals surface area contributed by atoms with Crippen LogP contribution in [0.4, 0.5) is 11.4 Å². The molecule has 21 heavy (non-hydrogen) atoms. The summed E-state index contributed by atoms with van der Waals surface area (Å²) < 4.78 is 11.0. The van der Waals surface area contributed by atoms with Crippen molar-refractivity contribution in [1.29, 1.82) is 0 Å². The lowest BCUT2D eigenvalue weighted by molar-refractivity contribution is -0.116. The second-order valence-corrected chi connectivity index (χ2v) is 4.87. The molecule has 1 amide bonds. The number of fused-ring (bicyclic) bond motifs is 1. The number of nitrogens with two attached hydrogens (primary N) is 1. The molecule has 2 aromatic carbocycles. The van der Waals surface area contributed by atoms with Crippen LogP contribution in [0.25, 0.3) is 0 Å². The van der Waals surface area contributed by atoms with E-state index >= 15 is 0 Å². The quantitative estimate of drug-likeness (QED) is 0.850. The number of amides is 1. The number of benzene rings is 2. The molecule has 1 aliphatic heterocycles. The monoisotopic (exact) mass is 284 g/mol. The summed E-state index contributed by atoms with van der Waals surface area (Å²) >= 11 is 0. The molecule has 0 radical (unpaired) electrons. The number of hydrogen-bond acceptors (Lipinski definition) is 4. The second kappa shape index (κ2) is 5.36. The van der Waals surface area contributed by atoms with Crippen molar-refractivity contribution in [2.75, 3.05) is 18.2 Å². The fraction of sp³-hybridized carbons (Fsp3) is 0.188. The van der Waals surface area contributed by atoms with Crippen molar-refractivity contribution in [2.45, 2.75) is 12.8 Å². The lowest BCUT2D eigenvalue weighted by Crippen LogP contribution is -2.18. The largest absolute Gasteiger partial charge is 0.494 e. The van der Waals surface area contributed by atoms with Crippen molar-refractivity contribution < 1.29 is 14.3 Å².